The minimum absolute atomic E-state index is 0.286. The van der Waals surface area contributed by atoms with Crippen molar-refractivity contribution < 1.29 is 38.1 Å². The molecule has 28 heavy (non-hydrogen) atoms. The lowest BCUT2D eigenvalue weighted by Crippen LogP contribution is -2.53. The molecular formula is C18H30O8S2. The zero-order valence-corrected chi connectivity index (χ0v) is 19.0. The first-order valence-corrected chi connectivity index (χ1v) is 11.0. The molecule has 0 heterocycles. The lowest BCUT2D eigenvalue weighted by Gasteiger charge is -2.37. The van der Waals surface area contributed by atoms with Gasteiger partial charge in [0.15, 0.2) is 18.3 Å². The largest absolute Gasteiger partial charge is 0.459 e. The van der Waals surface area contributed by atoms with Gasteiger partial charge in [-0.1, -0.05) is 13.8 Å². The summed E-state index contributed by atoms with van der Waals surface area (Å²) in [4.78, 5) is 46.7. The normalized spacial score (nSPS) is 15.1. The fourth-order valence-corrected chi connectivity index (χ4v) is 5.16. The van der Waals surface area contributed by atoms with Crippen molar-refractivity contribution in [2.45, 2.75) is 77.5 Å². The minimum atomic E-state index is -1.15. The van der Waals surface area contributed by atoms with Crippen LogP contribution >= 0.6 is 23.5 Å². The summed E-state index contributed by atoms with van der Waals surface area (Å²) in [6, 6.07) is 0. The minimum Gasteiger partial charge on any atom is -0.459 e. The molecule has 0 aromatic heterocycles. The Morgan fingerprint density at radius 1 is 0.643 bits per heavy atom. The number of thioether (sulfide) groups is 2. The van der Waals surface area contributed by atoms with Gasteiger partial charge in [-0.05, 0) is 18.4 Å². The van der Waals surface area contributed by atoms with E-state index in [-0.39, 0.29) is 4.58 Å². The van der Waals surface area contributed by atoms with E-state index >= 15 is 0 Å². The van der Waals surface area contributed by atoms with E-state index in [1.54, 1.807) is 0 Å². The van der Waals surface area contributed by atoms with E-state index in [1.807, 2.05) is 13.8 Å². The number of esters is 4. The molecule has 0 spiro atoms. The lowest BCUT2D eigenvalue weighted by atomic mass is 10.0. The maximum Gasteiger partial charge on any atom is 0.303 e. The Labute approximate surface area is 174 Å². The third kappa shape index (κ3) is 10.2. The van der Waals surface area contributed by atoms with E-state index in [4.69, 9.17) is 18.9 Å². The number of carbonyl (C=O) groups excluding carboxylic acids is 4. The van der Waals surface area contributed by atoms with Crippen molar-refractivity contribution in [3.05, 3.63) is 0 Å². The van der Waals surface area contributed by atoms with E-state index in [0.717, 1.165) is 11.5 Å². The van der Waals surface area contributed by atoms with Crippen LogP contribution in [0, 0.1) is 0 Å². The van der Waals surface area contributed by atoms with Gasteiger partial charge in [0.1, 0.15) is 6.10 Å². The van der Waals surface area contributed by atoms with Crippen molar-refractivity contribution in [2.75, 3.05) is 11.5 Å². The molecular weight excluding hydrogens is 408 g/mol. The standard InChI is InChI=1S/C18H30O8S2/c1-8-27-18(28-9-2)17(26-14(7)22)16(25-13(6)21)15(24-12(5)20)10(3)23-11(4)19/h10,15-18H,8-9H2,1-7H3/t10-,15-,16+,17+/m1/s1. The Hall–Kier alpha value is -1.42. The van der Waals surface area contributed by atoms with Crippen LogP contribution in [-0.2, 0) is 38.1 Å². The number of carbonyl (C=O) groups is 4. The summed E-state index contributed by atoms with van der Waals surface area (Å²) in [6.07, 6.45) is -4.14. The third-order valence-corrected chi connectivity index (χ3v) is 5.98. The van der Waals surface area contributed by atoms with Gasteiger partial charge >= 0.3 is 23.9 Å². The summed E-state index contributed by atoms with van der Waals surface area (Å²) in [5.41, 5.74) is 0. The average molecular weight is 439 g/mol. The quantitative estimate of drug-likeness (QED) is 0.256. The van der Waals surface area contributed by atoms with Crippen LogP contribution in [0.2, 0.25) is 0 Å². The fraction of sp³-hybridized carbons (Fsp3) is 0.778. The predicted octanol–water partition coefficient (Wildman–Crippen LogP) is 2.57. The molecule has 0 radical (unpaired) electrons. The molecule has 0 rings (SSSR count). The number of hydrogen-bond donors (Lipinski definition) is 0. The van der Waals surface area contributed by atoms with Crippen LogP contribution in [0.3, 0.4) is 0 Å². The third-order valence-electron chi connectivity index (χ3n) is 3.30. The monoisotopic (exact) mass is 438 g/mol. The number of hydrogen-bond acceptors (Lipinski definition) is 10. The van der Waals surface area contributed by atoms with Gasteiger partial charge < -0.3 is 18.9 Å². The molecule has 162 valence electrons. The highest BCUT2D eigenvalue weighted by Crippen LogP contribution is 2.33. The Morgan fingerprint density at radius 2 is 1.00 bits per heavy atom. The van der Waals surface area contributed by atoms with Crippen LogP contribution in [-0.4, -0.2) is 64.4 Å². The molecule has 0 amide bonds. The number of ether oxygens (including phenoxy) is 4. The highest BCUT2D eigenvalue weighted by atomic mass is 32.2. The summed E-state index contributed by atoms with van der Waals surface area (Å²) < 4.78 is 21.2. The molecule has 10 heteroatoms. The molecule has 0 aliphatic rings. The highest BCUT2D eigenvalue weighted by Gasteiger charge is 2.45. The molecule has 0 aromatic rings. The smallest absolute Gasteiger partial charge is 0.303 e. The van der Waals surface area contributed by atoms with E-state index in [9.17, 15) is 19.2 Å². The second-order valence-electron chi connectivity index (χ2n) is 5.82. The molecule has 0 fully saturated rings. The Morgan fingerprint density at radius 3 is 1.36 bits per heavy atom. The molecule has 8 nitrogen and oxygen atoms in total. The van der Waals surface area contributed by atoms with E-state index in [2.05, 4.69) is 0 Å². The first kappa shape index (κ1) is 26.6. The van der Waals surface area contributed by atoms with Crippen molar-refractivity contribution >= 4 is 47.4 Å². The van der Waals surface area contributed by atoms with Crippen molar-refractivity contribution in [3.63, 3.8) is 0 Å². The molecule has 0 N–H and O–H groups in total. The van der Waals surface area contributed by atoms with Gasteiger partial charge in [0.05, 0.1) is 4.58 Å². The SMILES string of the molecule is CCSC(SCC)[C@@H](OC(C)=O)[C@@H](OC(C)=O)[C@H](OC(C)=O)[C@@H](C)OC(C)=O. The Kier molecular flexibility index (Phi) is 13.0. The summed E-state index contributed by atoms with van der Waals surface area (Å²) in [7, 11) is 0. The Balaban J connectivity index is 6.15. The maximum absolute atomic E-state index is 11.8. The second kappa shape index (κ2) is 13.7. The topological polar surface area (TPSA) is 105 Å². The van der Waals surface area contributed by atoms with Crippen LogP contribution in [0.5, 0.6) is 0 Å². The van der Waals surface area contributed by atoms with Crippen LogP contribution < -0.4 is 0 Å². The van der Waals surface area contributed by atoms with Gasteiger partial charge in [0.2, 0.25) is 0 Å². The fourth-order valence-electron chi connectivity index (χ4n) is 2.50. The zero-order chi connectivity index (χ0) is 21.9. The van der Waals surface area contributed by atoms with Gasteiger partial charge in [-0.3, -0.25) is 19.2 Å². The van der Waals surface area contributed by atoms with Crippen LogP contribution in [0.15, 0.2) is 0 Å². The maximum atomic E-state index is 11.8. The molecule has 0 unspecified atom stereocenters. The average Bonchev–Trinajstić information content (AvgIpc) is 2.54. The van der Waals surface area contributed by atoms with Gasteiger partial charge in [0.25, 0.3) is 0 Å². The number of rotatable bonds is 12. The summed E-state index contributed by atoms with van der Waals surface area (Å²) in [6.45, 7) is 10.3. The first-order chi connectivity index (χ1) is 13.0. The molecule has 0 saturated carbocycles. The van der Waals surface area contributed by atoms with Crippen molar-refractivity contribution in [1.82, 2.24) is 0 Å². The van der Waals surface area contributed by atoms with Gasteiger partial charge in [0, 0.05) is 27.7 Å². The van der Waals surface area contributed by atoms with Crippen LogP contribution in [0.1, 0.15) is 48.5 Å². The molecule has 0 aromatic carbocycles. The van der Waals surface area contributed by atoms with Crippen molar-refractivity contribution in [3.8, 4) is 0 Å². The highest BCUT2D eigenvalue weighted by molar-refractivity contribution is 8.17. The molecule has 0 saturated heterocycles. The molecule has 0 aliphatic carbocycles. The molecule has 4 atom stereocenters. The van der Waals surface area contributed by atoms with E-state index < -0.39 is 48.3 Å². The molecule has 0 bridgehead atoms. The van der Waals surface area contributed by atoms with Gasteiger partial charge in [-0.15, -0.1) is 23.5 Å². The van der Waals surface area contributed by atoms with Crippen LogP contribution in [0.4, 0.5) is 0 Å². The Bertz CT molecular complexity index is 534. The predicted molar refractivity (Wildman–Crippen MR) is 108 cm³/mol. The second-order valence-corrected chi connectivity index (χ2v) is 8.95. The summed E-state index contributed by atoms with van der Waals surface area (Å²) >= 11 is 3.03. The van der Waals surface area contributed by atoms with Crippen LogP contribution in [0.25, 0.3) is 0 Å². The summed E-state index contributed by atoms with van der Waals surface area (Å²) in [5.74, 6) is -0.999. The molecule has 0 aliphatic heterocycles. The van der Waals surface area contributed by atoms with Crippen molar-refractivity contribution in [1.29, 1.82) is 0 Å². The zero-order valence-electron chi connectivity index (χ0n) is 17.4. The van der Waals surface area contributed by atoms with Gasteiger partial charge in [-0.2, -0.15) is 0 Å². The first-order valence-electron chi connectivity index (χ1n) is 8.95. The van der Waals surface area contributed by atoms with Gasteiger partial charge in [-0.25, -0.2) is 0 Å². The van der Waals surface area contributed by atoms with E-state index in [1.165, 1.54) is 58.1 Å². The summed E-state index contributed by atoms with van der Waals surface area (Å²) in [5, 5.41) is 0. The van der Waals surface area contributed by atoms with E-state index in [0.29, 0.717) is 0 Å². The lowest BCUT2D eigenvalue weighted by molar-refractivity contribution is -0.195. The van der Waals surface area contributed by atoms with Crippen molar-refractivity contribution in [2.24, 2.45) is 0 Å².